The number of hydrogen-bond donors (Lipinski definition) is 0. The highest BCUT2D eigenvalue weighted by atomic mass is 35.5. The Kier molecular flexibility index (Phi) is 5.69. The molecule has 8 heteroatoms. The average molecular weight is 382 g/mol. The molecule has 4 nitrogen and oxygen atoms in total. The summed E-state index contributed by atoms with van der Waals surface area (Å²) in [6.07, 6.45) is 0.500. The van der Waals surface area contributed by atoms with Crippen LogP contribution in [-0.4, -0.2) is 49.1 Å². The highest BCUT2D eigenvalue weighted by Gasteiger charge is 2.34. The van der Waals surface area contributed by atoms with Crippen LogP contribution in [0, 0.1) is 0 Å². The summed E-state index contributed by atoms with van der Waals surface area (Å²) in [6, 6.07) is 4.86. The Morgan fingerprint density at radius 1 is 1.41 bits per heavy atom. The maximum atomic E-state index is 12.5. The Bertz CT molecular complexity index is 679. The lowest BCUT2D eigenvalue weighted by Crippen LogP contribution is -2.41. The van der Waals surface area contributed by atoms with Crippen LogP contribution in [0.3, 0.4) is 0 Å². The summed E-state index contributed by atoms with van der Waals surface area (Å²) in [7, 11) is -1.35. The highest BCUT2D eigenvalue weighted by molar-refractivity contribution is 8.00. The normalized spacial score (nSPS) is 21.5. The second kappa shape index (κ2) is 6.99. The molecule has 0 radical (unpaired) electrons. The Hall–Kier alpha value is -0.430. The first kappa shape index (κ1) is 17.9. The molecule has 0 N–H and O–H groups in total. The van der Waals surface area contributed by atoms with Gasteiger partial charge in [0.05, 0.1) is 21.8 Å². The van der Waals surface area contributed by atoms with Gasteiger partial charge in [0.15, 0.2) is 9.84 Å². The van der Waals surface area contributed by atoms with Gasteiger partial charge in [0.1, 0.15) is 0 Å². The van der Waals surface area contributed by atoms with Gasteiger partial charge in [-0.3, -0.25) is 4.79 Å². The van der Waals surface area contributed by atoms with E-state index >= 15 is 0 Å². The molecule has 0 unspecified atom stereocenters. The van der Waals surface area contributed by atoms with Crippen LogP contribution in [0.4, 0.5) is 0 Å². The molecule has 1 heterocycles. The van der Waals surface area contributed by atoms with Gasteiger partial charge in [-0.05, 0) is 31.5 Å². The van der Waals surface area contributed by atoms with Gasteiger partial charge >= 0.3 is 0 Å². The van der Waals surface area contributed by atoms with Gasteiger partial charge in [-0.25, -0.2) is 8.42 Å². The molecular weight excluding hydrogens is 365 g/mol. The second-order valence-corrected chi connectivity index (χ2v) is 9.80. The largest absolute Gasteiger partial charge is 0.341 e. The van der Waals surface area contributed by atoms with Crippen molar-refractivity contribution in [2.75, 3.05) is 18.6 Å². The third kappa shape index (κ3) is 4.31. The summed E-state index contributed by atoms with van der Waals surface area (Å²) in [5.74, 6) is 0.0877. The SMILES string of the molecule is C[C@H](Sc1cc(Cl)ccc1Cl)C(=O)N(C)[C@@H]1CCS(=O)(=O)C1. The van der Waals surface area contributed by atoms with E-state index in [0.717, 1.165) is 4.90 Å². The number of carbonyl (C=O) groups is 1. The van der Waals surface area contributed by atoms with Gasteiger partial charge < -0.3 is 4.90 Å². The Labute approximate surface area is 145 Å². The number of amides is 1. The van der Waals surface area contributed by atoms with Crippen LogP contribution in [-0.2, 0) is 14.6 Å². The minimum Gasteiger partial charge on any atom is -0.341 e. The lowest BCUT2D eigenvalue weighted by Gasteiger charge is -2.26. The quantitative estimate of drug-likeness (QED) is 0.751. The van der Waals surface area contributed by atoms with Crippen molar-refractivity contribution < 1.29 is 13.2 Å². The second-order valence-electron chi connectivity index (χ2n) is 5.34. The Balaban J connectivity index is 2.04. The summed E-state index contributed by atoms with van der Waals surface area (Å²) in [6.45, 7) is 1.78. The first-order chi connectivity index (χ1) is 10.2. The molecule has 1 aromatic carbocycles. The molecule has 0 bridgehead atoms. The maximum absolute atomic E-state index is 12.5. The predicted molar refractivity (Wildman–Crippen MR) is 91.6 cm³/mol. The molecule has 1 aliphatic heterocycles. The first-order valence-corrected chi connectivity index (χ1v) is 10.2. The van der Waals surface area contributed by atoms with E-state index in [1.54, 1.807) is 37.1 Å². The Morgan fingerprint density at radius 2 is 2.09 bits per heavy atom. The van der Waals surface area contributed by atoms with E-state index < -0.39 is 9.84 Å². The third-order valence-electron chi connectivity index (χ3n) is 3.65. The van der Waals surface area contributed by atoms with Gasteiger partial charge in [-0.2, -0.15) is 0 Å². The molecule has 0 aromatic heterocycles. The zero-order valence-corrected chi connectivity index (χ0v) is 15.4. The molecule has 0 aliphatic carbocycles. The molecule has 1 aliphatic rings. The van der Waals surface area contributed by atoms with E-state index in [1.165, 1.54) is 11.8 Å². The van der Waals surface area contributed by atoms with Crippen molar-refractivity contribution in [2.24, 2.45) is 0 Å². The molecule has 0 spiro atoms. The molecule has 122 valence electrons. The van der Waals surface area contributed by atoms with Crippen LogP contribution in [0.25, 0.3) is 0 Å². The Morgan fingerprint density at radius 3 is 2.68 bits per heavy atom. The maximum Gasteiger partial charge on any atom is 0.235 e. The van der Waals surface area contributed by atoms with Crippen molar-refractivity contribution in [3.05, 3.63) is 28.2 Å². The van der Waals surface area contributed by atoms with E-state index in [9.17, 15) is 13.2 Å². The van der Waals surface area contributed by atoms with E-state index in [-0.39, 0.29) is 28.7 Å². The lowest BCUT2D eigenvalue weighted by molar-refractivity contribution is -0.130. The fourth-order valence-electron chi connectivity index (χ4n) is 2.36. The van der Waals surface area contributed by atoms with Crippen molar-refractivity contribution in [1.82, 2.24) is 4.90 Å². The summed E-state index contributed by atoms with van der Waals surface area (Å²) in [4.78, 5) is 14.8. The summed E-state index contributed by atoms with van der Waals surface area (Å²) < 4.78 is 23.1. The molecule has 22 heavy (non-hydrogen) atoms. The van der Waals surface area contributed by atoms with E-state index in [1.807, 2.05) is 0 Å². The van der Waals surface area contributed by atoms with E-state index in [2.05, 4.69) is 0 Å². The van der Waals surface area contributed by atoms with E-state index in [0.29, 0.717) is 16.5 Å². The fraction of sp³-hybridized carbons (Fsp3) is 0.500. The monoisotopic (exact) mass is 381 g/mol. The van der Waals surface area contributed by atoms with Crippen LogP contribution in [0.5, 0.6) is 0 Å². The minimum atomic E-state index is -3.01. The molecular formula is C14H17Cl2NO3S2. The number of nitrogens with zero attached hydrogens (tertiary/aromatic N) is 1. The number of rotatable bonds is 4. The number of carbonyl (C=O) groups excluding carboxylic acids is 1. The number of halogens is 2. The van der Waals surface area contributed by atoms with Crippen LogP contribution in [0.15, 0.2) is 23.1 Å². The van der Waals surface area contributed by atoms with Gasteiger partial charge in [0.25, 0.3) is 0 Å². The van der Waals surface area contributed by atoms with E-state index in [4.69, 9.17) is 23.2 Å². The van der Waals surface area contributed by atoms with Crippen molar-refractivity contribution in [3.8, 4) is 0 Å². The summed E-state index contributed by atoms with van der Waals surface area (Å²) in [5.41, 5.74) is 0. The summed E-state index contributed by atoms with van der Waals surface area (Å²) in [5, 5.41) is 0.728. The molecule has 0 saturated carbocycles. The third-order valence-corrected chi connectivity index (χ3v) is 7.22. The van der Waals surface area contributed by atoms with Crippen LogP contribution in [0.2, 0.25) is 10.0 Å². The van der Waals surface area contributed by atoms with Crippen molar-refractivity contribution in [1.29, 1.82) is 0 Å². The zero-order valence-electron chi connectivity index (χ0n) is 12.3. The smallest absolute Gasteiger partial charge is 0.235 e. The van der Waals surface area contributed by atoms with Gasteiger partial charge in [0.2, 0.25) is 5.91 Å². The number of sulfone groups is 1. The lowest BCUT2D eigenvalue weighted by atomic mass is 10.2. The molecule has 2 atom stereocenters. The van der Waals surface area contributed by atoms with Crippen LogP contribution >= 0.6 is 35.0 Å². The van der Waals surface area contributed by atoms with Crippen molar-refractivity contribution in [2.45, 2.75) is 29.5 Å². The number of hydrogen-bond acceptors (Lipinski definition) is 4. The molecule has 1 amide bonds. The minimum absolute atomic E-state index is 0.0462. The van der Waals surface area contributed by atoms with Crippen molar-refractivity contribution in [3.63, 3.8) is 0 Å². The fourth-order valence-corrected chi connectivity index (χ4v) is 5.64. The summed E-state index contributed by atoms with van der Waals surface area (Å²) >= 11 is 13.4. The number of benzene rings is 1. The standard InChI is InChI=1S/C14H17Cl2NO3S2/c1-9(21-13-7-10(15)3-4-12(13)16)14(18)17(2)11-5-6-22(19,20)8-11/h3-4,7,9,11H,5-6,8H2,1-2H3/t9-,11+/m0/s1. The van der Waals surface area contributed by atoms with Gasteiger partial charge in [-0.15, -0.1) is 11.8 Å². The molecule has 1 fully saturated rings. The number of thioether (sulfide) groups is 1. The first-order valence-electron chi connectivity index (χ1n) is 6.78. The molecule has 1 aromatic rings. The highest BCUT2D eigenvalue weighted by Crippen LogP contribution is 2.33. The predicted octanol–water partition coefficient (Wildman–Crippen LogP) is 3.12. The van der Waals surface area contributed by atoms with Crippen LogP contribution < -0.4 is 0 Å². The van der Waals surface area contributed by atoms with Gasteiger partial charge in [0, 0.05) is 23.0 Å². The zero-order chi connectivity index (χ0) is 16.5. The molecule has 2 rings (SSSR count). The topological polar surface area (TPSA) is 54.5 Å². The van der Waals surface area contributed by atoms with Crippen molar-refractivity contribution >= 4 is 50.7 Å². The van der Waals surface area contributed by atoms with Crippen LogP contribution in [0.1, 0.15) is 13.3 Å². The van der Waals surface area contributed by atoms with Gasteiger partial charge in [-0.1, -0.05) is 23.2 Å². The molecule has 1 saturated heterocycles. The average Bonchev–Trinajstić information content (AvgIpc) is 2.81.